The number of rotatable bonds is 6. The Morgan fingerprint density at radius 3 is 2.41 bits per heavy atom. The predicted octanol–water partition coefficient (Wildman–Crippen LogP) is 4.22. The fraction of sp³-hybridized carbons (Fsp3) is 0.480. The van der Waals surface area contributed by atoms with Gasteiger partial charge in [-0.15, -0.1) is 0 Å². The molecule has 34 heavy (non-hydrogen) atoms. The van der Waals surface area contributed by atoms with E-state index < -0.39 is 10.1 Å². The smallest absolute Gasteiger partial charge is 0.251 e. The average molecular weight is 506 g/mol. The Morgan fingerprint density at radius 1 is 1.15 bits per heavy atom. The minimum Gasteiger partial charge on any atom is -0.748 e. The highest BCUT2D eigenvalue weighted by Gasteiger charge is 2.34. The van der Waals surface area contributed by atoms with Gasteiger partial charge < -0.3 is 19.3 Å². The molecule has 2 aliphatic heterocycles. The fourth-order valence-electron chi connectivity index (χ4n) is 4.74. The van der Waals surface area contributed by atoms with E-state index >= 15 is 0 Å². The molecule has 1 saturated heterocycles. The van der Waals surface area contributed by atoms with Gasteiger partial charge in [0.05, 0.1) is 54.2 Å². The van der Waals surface area contributed by atoms with Crippen LogP contribution in [0.5, 0.6) is 0 Å². The molecule has 0 saturated carbocycles. The molecule has 2 aromatic carbocycles. The number of likely N-dealkylation sites (N-methyl/N-ethyl adjacent to an activating group) is 1. The number of amides is 1. The Kier molecular flexibility index (Phi) is 8.67. The molecule has 7 nitrogen and oxygen atoms in total. The zero-order valence-electron chi connectivity index (χ0n) is 20.4. The molecule has 1 N–H and O–H groups in total. The highest BCUT2D eigenvalue weighted by atomic mass is 32.2. The third-order valence-electron chi connectivity index (χ3n) is 6.15. The lowest BCUT2D eigenvalue weighted by Crippen LogP contribution is -2.50. The number of hydrogen-bond acceptors (Lipinski definition) is 6. The van der Waals surface area contributed by atoms with E-state index in [9.17, 15) is 4.79 Å². The number of fused-ring (bicyclic) bond motifs is 2. The standard InChI is InChI=1S/C24H31N3OS.CH4O3S/c1-4-13-25-24(28)19-11-12-23-21(16-19)26(20-9-5-6-10-22(20)29-23)18(2)17-27(3)14-7-8-15-27;1-5(2,3)4/h5-6,9-12,16,18H,4,7-8,13-15,17H2,1-3H3;1H3,(H,2,3,4). The second kappa shape index (κ2) is 11.1. The van der Waals surface area contributed by atoms with Gasteiger partial charge in [-0.1, -0.05) is 30.8 Å². The van der Waals surface area contributed by atoms with Crippen LogP contribution >= 0.6 is 11.8 Å². The molecule has 1 amide bonds. The Balaban J connectivity index is 0.000000588. The number of likely N-dealkylation sites (tertiary alicyclic amines) is 1. The van der Waals surface area contributed by atoms with E-state index in [1.807, 2.05) is 6.07 Å². The molecular weight excluding hydrogens is 470 g/mol. The SMILES string of the molecule is CCCNC(=O)c1ccc2c(c1)N(C(C)C[N+]1(C)CCCC1)c1ccccc1S2.CS(=O)(=O)[O-]. The molecule has 0 radical (unpaired) electrons. The summed E-state index contributed by atoms with van der Waals surface area (Å²) in [6.45, 7) is 8.77. The van der Waals surface area contributed by atoms with Crippen molar-refractivity contribution in [2.45, 2.75) is 48.9 Å². The fourth-order valence-corrected chi connectivity index (χ4v) is 5.79. The van der Waals surface area contributed by atoms with E-state index in [-0.39, 0.29) is 5.91 Å². The molecule has 1 unspecified atom stereocenters. The second-order valence-corrected chi connectivity index (χ2v) is 11.9. The van der Waals surface area contributed by atoms with Crippen LogP contribution in [0.4, 0.5) is 11.4 Å². The zero-order valence-corrected chi connectivity index (χ0v) is 22.0. The van der Waals surface area contributed by atoms with Crippen molar-refractivity contribution in [3.05, 3.63) is 48.0 Å². The molecule has 9 heteroatoms. The van der Waals surface area contributed by atoms with Gasteiger partial charge in [0.15, 0.2) is 0 Å². The summed E-state index contributed by atoms with van der Waals surface area (Å²) in [5.41, 5.74) is 3.17. The van der Waals surface area contributed by atoms with E-state index in [0.29, 0.717) is 18.8 Å². The van der Waals surface area contributed by atoms with E-state index in [4.69, 9.17) is 13.0 Å². The first-order chi connectivity index (χ1) is 16.0. The minimum absolute atomic E-state index is 0.0182. The van der Waals surface area contributed by atoms with E-state index in [2.05, 4.69) is 67.5 Å². The van der Waals surface area contributed by atoms with Crippen LogP contribution in [0.3, 0.4) is 0 Å². The summed E-state index contributed by atoms with van der Waals surface area (Å²) in [7, 11) is -1.52. The lowest BCUT2D eigenvalue weighted by molar-refractivity contribution is -0.898. The Morgan fingerprint density at radius 2 is 1.76 bits per heavy atom. The Labute approximate surface area is 207 Å². The first-order valence-electron chi connectivity index (χ1n) is 11.7. The summed E-state index contributed by atoms with van der Waals surface area (Å²) in [5.74, 6) is 0.0182. The molecule has 186 valence electrons. The molecule has 2 aromatic rings. The Hall–Kier alpha value is -2.07. The molecule has 1 atom stereocenters. The van der Waals surface area contributed by atoms with Gasteiger partial charge in [0.2, 0.25) is 0 Å². The number of benzene rings is 2. The summed E-state index contributed by atoms with van der Waals surface area (Å²) in [5, 5.41) is 3.02. The number of nitrogens with zero attached hydrogens (tertiary/aromatic N) is 2. The van der Waals surface area contributed by atoms with Crippen LogP contribution in [0, 0.1) is 0 Å². The Bertz CT molecular complexity index is 1110. The van der Waals surface area contributed by atoms with Crippen LogP contribution in [0.25, 0.3) is 0 Å². The van der Waals surface area contributed by atoms with Crippen molar-refractivity contribution in [1.82, 2.24) is 5.32 Å². The molecular formula is C25H35N3O4S2. The lowest BCUT2D eigenvalue weighted by atomic mass is 10.1. The van der Waals surface area contributed by atoms with E-state index in [1.54, 1.807) is 11.8 Å². The maximum absolute atomic E-state index is 12.6. The molecule has 2 heterocycles. The summed E-state index contributed by atoms with van der Waals surface area (Å²) >= 11 is 1.81. The first-order valence-corrected chi connectivity index (χ1v) is 14.4. The van der Waals surface area contributed by atoms with Gasteiger partial charge in [0.25, 0.3) is 5.91 Å². The van der Waals surface area contributed by atoms with Crippen LogP contribution in [-0.4, -0.2) is 68.9 Å². The number of quaternary nitrogens is 1. The number of hydrogen-bond donors (Lipinski definition) is 1. The van der Waals surface area contributed by atoms with Gasteiger partial charge in [-0.2, -0.15) is 0 Å². The molecule has 0 aromatic heterocycles. The zero-order chi connectivity index (χ0) is 24.9. The van der Waals surface area contributed by atoms with Crippen molar-refractivity contribution in [2.75, 3.05) is 44.4 Å². The van der Waals surface area contributed by atoms with Crippen LogP contribution in [0.1, 0.15) is 43.5 Å². The van der Waals surface area contributed by atoms with E-state index in [0.717, 1.165) is 28.7 Å². The second-order valence-electron chi connectivity index (χ2n) is 9.39. The summed E-state index contributed by atoms with van der Waals surface area (Å²) in [4.78, 5) is 17.6. The van der Waals surface area contributed by atoms with Gasteiger partial charge in [0, 0.05) is 41.0 Å². The predicted molar refractivity (Wildman–Crippen MR) is 137 cm³/mol. The highest BCUT2D eigenvalue weighted by molar-refractivity contribution is 7.99. The van der Waals surface area contributed by atoms with Crippen LogP contribution in [-0.2, 0) is 10.1 Å². The molecule has 1 fully saturated rings. The van der Waals surface area contributed by atoms with Crippen molar-refractivity contribution >= 4 is 39.2 Å². The normalized spacial score (nSPS) is 17.1. The number of carbonyl (C=O) groups is 1. The minimum atomic E-state index is -3.92. The van der Waals surface area contributed by atoms with Gasteiger partial charge in [-0.3, -0.25) is 4.79 Å². The van der Waals surface area contributed by atoms with Crippen LogP contribution in [0.2, 0.25) is 0 Å². The van der Waals surface area contributed by atoms with Gasteiger partial charge in [-0.25, -0.2) is 8.42 Å². The number of nitrogens with one attached hydrogen (secondary N) is 1. The van der Waals surface area contributed by atoms with Gasteiger partial charge >= 0.3 is 0 Å². The number of para-hydroxylation sites is 1. The quantitative estimate of drug-likeness (QED) is 0.467. The third kappa shape index (κ3) is 6.97. The maximum Gasteiger partial charge on any atom is 0.251 e. The molecule has 4 rings (SSSR count). The van der Waals surface area contributed by atoms with Crippen LogP contribution in [0.15, 0.2) is 52.3 Å². The topological polar surface area (TPSA) is 89.5 Å². The van der Waals surface area contributed by atoms with Crippen LogP contribution < -0.4 is 10.2 Å². The largest absolute Gasteiger partial charge is 0.748 e. The van der Waals surface area contributed by atoms with Crippen molar-refractivity contribution in [1.29, 1.82) is 0 Å². The summed E-state index contributed by atoms with van der Waals surface area (Å²) in [6, 6.07) is 15.2. The molecule has 0 aliphatic carbocycles. The monoisotopic (exact) mass is 505 g/mol. The molecule has 0 bridgehead atoms. The average Bonchev–Trinajstić information content (AvgIpc) is 3.19. The summed E-state index contributed by atoms with van der Waals surface area (Å²) in [6.07, 6.45) is 4.20. The third-order valence-corrected chi connectivity index (χ3v) is 7.28. The summed E-state index contributed by atoms with van der Waals surface area (Å²) < 4.78 is 28.4. The van der Waals surface area contributed by atoms with Crippen molar-refractivity contribution in [3.63, 3.8) is 0 Å². The van der Waals surface area contributed by atoms with Crippen molar-refractivity contribution in [2.24, 2.45) is 0 Å². The first kappa shape index (κ1) is 26.5. The number of anilines is 2. The molecule has 2 aliphatic rings. The number of carbonyl (C=O) groups excluding carboxylic acids is 1. The van der Waals surface area contributed by atoms with Crippen molar-refractivity contribution < 1.29 is 22.2 Å². The highest BCUT2D eigenvalue weighted by Crippen LogP contribution is 2.49. The van der Waals surface area contributed by atoms with E-state index in [1.165, 1.54) is 41.4 Å². The lowest BCUT2D eigenvalue weighted by Gasteiger charge is -2.41. The van der Waals surface area contributed by atoms with Gasteiger partial charge in [0.1, 0.15) is 0 Å². The maximum atomic E-state index is 12.6. The molecule has 0 spiro atoms. The van der Waals surface area contributed by atoms with Gasteiger partial charge in [-0.05, 0) is 43.7 Å². The van der Waals surface area contributed by atoms with Crippen molar-refractivity contribution in [3.8, 4) is 0 Å².